The molecular formula is C10H12N4OS. The predicted molar refractivity (Wildman–Crippen MR) is 61.5 cm³/mol. The van der Waals surface area contributed by atoms with Crippen molar-refractivity contribution in [3.8, 4) is 0 Å². The molecule has 0 atom stereocenters. The van der Waals surface area contributed by atoms with Crippen LogP contribution in [0.3, 0.4) is 0 Å². The highest BCUT2D eigenvalue weighted by molar-refractivity contribution is 7.09. The van der Waals surface area contributed by atoms with Crippen LogP contribution in [0, 0.1) is 6.92 Å². The Morgan fingerprint density at radius 1 is 1.56 bits per heavy atom. The first kappa shape index (κ1) is 10.8. The van der Waals surface area contributed by atoms with E-state index in [0.29, 0.717) is 12.4 Å². The van der Waals surface area contributed by atoms with Crippen molar-refractivity contribution in [3.05, 3.63) is 34.3 Å². The minimum Gasteiger partial charge on any atom is -0.349 e. The van der Waals surface area contributed by atoms with Gasteiger partial charge in [0.1, 0.15) is 0 Å². The second-order valence-electron chi connectivity index (χ2n) is 3.35. The van der Waals surface area contributed by atoms with Crippen LogP contribution in [0.25, 0.3) is 0 Å². The second kappa shape index (κ2) is 4.89. The van der Waals surface area contributed by atoms with E-state index in [2.05, 4.69) is 20.3 Å². The van der Waals surface area contributed by atoms with E-state index in [-0.39, 0.29) is 5.91 Å². The molecule has 84 valence electrons. The minimum absolute atomic E-state index is 0.176. The first-order valence-electron chi connectivity index (χ1n) is 4.94. The van der Waals surface area contributed by atoms with Gasteiger partial charge in [-0.1, -0.05) is 0 Å². The van der Waals surface area contributed by atoms with E-state index in [1.165, 1.54) is 0 Å². The quantitative estimate of drug-likeness (QED) is 0.836. The third kappa shape index (κ3) is 2.66. The van der Waals surface area contributed by atoms with Crippen molar-refractivity contribution in [2.75, 3.05) is 6.54 Å². The topological polar surface area (TPSA) is 70.7 Å². The average Bonchev–Trinajstić information content (AvgIpc) is 2.89. The fourth-order valence-electron chi connectivity index (χ4n) is 1.27. The van der Waals surface area contributed by atoms with Crippen molar-refractivity contribution >= 4 is 17.2 Å². The molecule has 0 unspecified atom stereocenters. The van der Waals surface area contributed by atoms with Gasteiger partial charge in [-0.3, -0.25) is 4.79 Å². The van der Waals surface area contributed by atoms with E-state index in [0.717, 1.165) is 17.1 Å². The lowest BCUT2D eigenvalue weighted by Gasteiger charge is -2.00. The molecule has 16 heavy (non-hydrogen) atoms. The first-order chi connectivity index (χ1) is 7.75. The van der Waals surface area contributed by atoms with Crippen LogP contribution in [0.1, 0.15) is 21.3 Å². The fraction of sp³-hybridized carbons (Fsp3) is 0.300. The molecule has 2 N–H and O–H groups in total. The predicted octanol–water partition coefficient (Wildman–Crippen LogP) is 1.15. The van der Waals surface area contributed by atoms with Crippen molar-refractivity contribution in [1.29, 1.82) is 0 Å². The molecule has 0 saturated carbocycles. The van der Waals surface area contributed by atoms with Gasteiger partial charge >= 0.3 is 0 Å². The summed E-state index contributed by atoms with van der Waals surface area (Å²) in [4.78, 5) is 22.5. The van der Waals surface area contributed by atoms with Gasteiger partial charge in [-0.05, 0) is 6.92 Å². The lowest BCUT2D eigenvalue weighted by Crippen LogP contribution is -2.26. The molecule has 0 radical (unpaired) electrons. The van der Waals surface area contributed by atoms with Crippen molar-refractivity contribution in [2.45, 2.75) is 13.3 Å². The van der Waals surface area contributed by atoms with Gasteiger partial charge in [0, 0.05) is 36.4 Å². The molecule has 0 bridgehead atoms. The molecule has 0 fully saturated rings. The molecule has 0 spiro atoms. The Bertz CT molecular complexity index is 463. The molecule has 0 aliphatic carbocycles. The van der Waals surface area contributed by atoms with Gasteiger partial charge in [0.15, 0.2) is 5.82 Å². The van der Waals surface area contributed by atoms with Gasteiger partial charge < -0.3 is 10.3 Å². The van der Waals surface area contributed by atoms with Crippen molar-refractivity contribution < 1.29 is 4.79 Å². The van der Waals surface area contributed by atoms with Gasteiger partial charge in [0.2, 0.25) is 0 Å². The number of carbonyl (C=O) groups is 1. The monoisotopic (exact) mass is 236 g/mol. The van der Waals surface area contributed by atoms with E-state index in [4.69, 9.17) is 0 Å². The lowest BCUT2D eigenvalue weighted by atomic mass is 10.4. The Morgan fingerprint density at radius 3 is 3.06 bits per heavy atom. The molecule has 0 aliphatic rings. The normalized spacial score (nSPS) is 10.3. The number of nitrogens with one attached hydrogen (secondary N) is 2. The Labute approximate surface area is 96.9 Å². The molecule has 0 saturated heterocycles. The zero-order valence-corrected chi connectivity index (χ0v) is 9.67. The third-order valence-electron chi connectivity index (χ3n) is 2.03. The fourth-order valence-corrected chi connectivity index (χ4v) is 1.89. The highest BCUT2D eigenvalue weighted by Gasteiger charge is 2.08. The van der Waals surface area contributed by atoms with Crippen molar-refractivity contribution in [2.24, 2.45) is 0 Å². The van der Waals surface area contributed by atoms with E-state index >= 15 is 0 Å². The highest BCUT2D eigenvalue weighted by Crippen LogP contribution is 2.03. The summed E-state index contributed by atoms with van der Waals surface area (Å²) in [6, 6.07) is 0. The van der Waals surface area contributed by atoms with Crippen LogP contribution in [0.2, 0.25) is 0 Å². The maximum absolute atomic E-state index is 11.6. The van der Waals surface area contributed by atoms with Gasteiger partial charge in [-0.2, -0.15) is 0 Å². The maximum Gasteiger partial charge on any atom is 0.287 e. The number of amides is 1. The van der Waals surface area contributed by atoms with Crippen molar-refractivity contribution in [3.63, 3.8) is 0 Å². The number of aromatic nitrogens is 3. The number of nitrogens with zero attached hydrogens (tertiary/aromatic N) is 2. The van der Waals surface area contributed by atoms with E-state index in [1.54, 1.807) is 23.7 Å². The van der Waals surface area contributed by atoms with Gasteiger partial charge in [0.25, 0.3) is 5.91 Å². The smallest absolute Gasteiger partial charge is 0.287 e. The Morgan fingerprint density at radius 2 is 2.44 bits per heavy atom. The molecule has 1 amide bonds. The number of rotatable bonds is 4. The summed E-state index contributed by atoms with van der Waals surface area (Å²) >= 11 is 1.59. The standard InChI is InChI=1S/C10H12N4OS/c1-7-6-13-9(14-7)10(15)12-3-2-8-11-4-5-16-8/h4-6H,2-3H2,1H3,(H,12,15)(H,13,14). The summed E-state index contributed by atoms with van der Waals surface area (Å²) in [5.74, 6) is 0.182. The molecular weight excluding hydrogens is 224 g/mol. The third-order valence-corrected chi connectivity index (χ3v) is 2.87. The summed E-state index contributed by atoms with van der Waals surface area (Å²) in [5, 5.41) is 5.73. The lowest BCUT2D eigenvalue weighted by molar-refractivity contribution is 0.0944. The number of H-pyrrole nitrogens is 1. The van der Waals surface area contributed by atoms with Crippen LogP contribution in [-0.4, -0.2) is 27.4 Å². The Balaban J connectivity index is 1.80. The van der Waals surface area contributed by atoms with Gasteiger partial charge in [0.05, 0.1) is 5.01 Å². The molecule has 5 nitrogen and oxygen atoms in total. The Hall–Kier alpha value is -1.69. The number of aryl methyl sites for hydroxylation is 1. The number of hydrogen-bond acceptors (Lipinski definition) is 4. The zero-order valence-electron chi connectivity index (χ0n) is 8.86. The zero-order chi connectivity index (χ0) is 11.4. The van der Waals surface area contributed by atoms with Crippen LogP contribution in [0.5, 0.6) is 0 Å². The molecule has 2 heterocycles. The molecule has 2 aromatic heterocycles. The van der Waals surface area contributed by atoms with E-state index in [1.807, 2.05) is 12.3 Å². The number of aromatic amines is 1. The summed E-state index contributed by atoms with van der Waals surface area (Å²) in [6.45, 7) is 2.44. The molecule has 0 aromatic carbocycles. The van der Waals surface area contributed by atoms with Crippen LogP contribution >= 0.6 is 11.3 Å². The molecule has 2 aromatic rings. The molecule has 2 rings (SSSR count). The van der Waals surface area contributed by atoms with Crippen LogP contribution in [0.4, 0.5) is 0 Å². The molecule has 6 heteroatoms. The number of hydrogen-bond donors (Lipinski definition) is 2. The number of thiazole rings is 1. The van der Waals surface area contributed by atoms with Crippen LogP contribution in [0.15, 0.2) is 17.8 Å². The summed E-state index contributed by atoms with van der Waals surface area (Å²) in [5.41, 5.74) is 0.880. The minimum atomic E-state index is -0.176. The number of carbonyl (C=O) groups excluding carboxylic acids is 1. The van der Waals surface area contributed by atoms with Crippen LogP contribution in [-0.2, 0) is 6.42 Å². The highest BCUT2D eigenvalue weighted by atomic mass is 32.1. The average molecular weight is 236 g/mol. The summed E-state index contributed by atoms with van der Waals surface area (Å²) in [6.07, 6.45) is 4.15. The van der Waals surface area contributed by atoms with Gasteiger partial charge in [-0.15, -0.1) is 11.3 Å². The largest absolute Gasteiger partial charge is 0.349 e. The summed E-state index contributed by atoms with van der Waals surface area (Å²) in [7, 11) is 0. The van der Waals surface area contributed by atoms with Crippen molar-refractivity contribution in [1.82, 2.24) is 20.3 Å². The maximum atomic E-state index is 11.6. The summed E-state index contributed by atoms with van der Waals surface area (Å²) < 4.78 is 0. The van der Waals surface area contributed by atoms with Crippen LogP contribution < -0.4 is 5.32 Å². The molecule has 0 aliphatic heterocycles. The first-order valence-corrected chi connectivity index (χ1v) is 5.82. The number of imidazole rings is 1. The SMILES string of the molecule is Cc1cnc(C(=O)NCCc2nccs2)[nH]1. The Kier molecular flexibility index (Phi) is 3.31. The van der Waals surface area contributed by atoms with Gasteiger partial charge in [-0.25, -0.2) is 9.97 Å². The van der Waals surface area contributed by atoms with E-state index in [9.17, 15) is 4.79 Å². The second-order valence-corrected chi connectivity index (χ2v) is 4.33. The van der Waals surface area contributed by atoms with E-state index < -0.39 is 0 Å².